The van der Waals surface area contributed by atoms with Crippen molar-refractivity contribution in [2.75, 3.05) is 5.32 Å². The summed E-state index contributed by atoms with van der Waals surface area (Å²) < 4.78 is 0. The highest BCUT2D eigenvalue weighted by Gasteiger charge is 2.18. The number of guanidine groups is 1. The van der Waals surface area contributed by atoms with Gasteiger partial charge in [-0.2, -0.15) is 0 Å². The van der Waals surface area contributed by atoms with Gasteiger partial charge in [0.15, 0.2) is 5.96 Å². The number of carbonyl (C=O) groups is 1. The molecule has 0 aromatic heterocycles. The molecule has 29 heavy (non-hydrogen) atoms. The molecule has 0 saturated heterocycles. The van der Waals surface area contributed by atoms with Crippen LogP contribution in [-0.4, -0.2) is 17.0 Å². The lowest BCUT2D eigenvalue weighted by Gasteiger charge is -2.17. The number of nitrogens with two attached hydrogens (primary N) is 1. The number of nitrogens with one attached hydrogen (secondary N) is 2. The van der Waals surface area contributed by atoms with Gasteiger partial charge in [-0.25, -0.2) is 0 Å². The lowest BCUT2D eigenvalue weighted by atomic mass is 9.87. The molecule has 0 aliphatic rings. The van der Waals surface area contributed by atoms with Crippen LogP contribution in [0.3, 0.4) is 0 Å². The molecule has 1 atom stereocenters. The third-order valence-electron chi connectivity index (χ3n) is 4.84. The summed E-state index contributed by atoms with van der Waals surface area (Å²) in [5.74, 6) is -1.06. The summed E-state index contributed by atoms with van der Waals surface area (Å²) >= 11 is 0. The molecule has 3 rings (SSSR count). The van der Waals surface area contributed by atoms with Gasteiger partial charge in [-0.05, 0) is 47.2 Å². The van der Waals surface area contributed by atoms with E-state index < -0.39 is 5.97 Å². The standard InChI is InChI=1S/C24H25N3O2/c25-24(26)27-21-11-5-7-18(15-21)13-12-17-6-4-10-20(14-17)22(16-23(28)29)19-8-2-1-3-9-19/h1-11,14-15,22H,12-13,16H2,(H,28,29)(H4,25,26,27). The first-order valence-electron chi connectivity index (χ1n) is 9.57. The molecule has 0 heterocycles. The van der Waals surface area contributed by atoms with E-state index >= 15 is 0 Å². The largest absolute Gasteiger partial charge is 0.481 e. The van der Waals surface area contributed by atoms with Gasteiger partial charge >= 0.3 is 5.97 Å². The van der Waals surface area contributed by atoms with E-state index in [1.807, 2.05) is 66.7 Å². The van der Waals surface area contributed by atoms with Crippen molar-refractivity contribution in [1.82, 2.24) is 0 Å². The summed E-state index contributed by atoms with van der Waals surface area (Å²) in [6.45, 7) is 0. The molecule has 0 aliphatic carbocycles. The van der Waals surface area contributed by atoms with Crippen molar-refractivity contribution < 1.29 is 9.90 Å². The predicted octanol–water partition coefficient (Wildman–Crippen LogP) is 4.38. The van der Waals surface area contributed by atoms with Crippen molar-refractivity contribution >= 4 is 17.6 Å². The second kappa shape index (κ2) is 9.55. The third-order valence-corrected chi connectivity index (χ3v) is 4.84. The summed E-state index contributed by atoms with van der Waals surface area (Å²) in [6.07, 6.45) is 1.74. The first-order chi connectivity index (χ1) is 14.0. The van der Waals surface area contributed by atoms with Gasteiger partial charge in [0, 0.05) is 11.6 Å². The minimum absolute atomic E-state index is 0.0617. The number of carboxylic acids is 1. The van der Waals surface area contributed by atoms with Gasteiger partial charge in [0.2, 0.25) is 0 Å². The van der Waals surface area contributed by atoms with Crippen LogP contribution in [0.4, 0.5) is 5.69 Å². The van der Waals surface area contributed by atoms with Crippen LogP contribution in [0.2, 0.25) is 0 Å². The Morgan fingerprint density at radius 2 is 1.52 bits per heavy atom. The van der Waals surface area contributed by atoms with E-state index in [0.29, 0.717) is 0 Å². The van der Waals surface area contributed by atoms with Crippen LogP contribution in [0.15, 0.2) is 78.9 Å². The highest BCUT2D eigenvalue weighted by atomic mass is 16.4. The second-order valence-electron chi connectivity index (χ2n) is 7.05. The van der Waals surface area contributed by atoms with Gasteiger partial charge in [0.25, 0.3) is 0 Å². The normalized spacial score (nSPS) is 11.6. The average Bonchev–Trinajstić information content (AvgIpc) is 2.71. The van der Waals surface area contributed by atoms with Gasteiger partial charge in [-0.15, -0.1) is 0 Å². The summed E-state index contributed by atoms with van der Waals surface area (Å²) in [4.78, 5) is 11.4. The van der Waals surface area contributed by atoms with Gasteiger partial charge in [0.05, 0.1) is 6.42 Å². The van der Waals surface area contributed by atoms with Crippen LogP contribution in [-0.2, 0) is 17.6 Å². The van der Waals surface area contributed by atoms with Crippen molar-refractivity contribution in [1.29, 1.82) is 5.41 Å². The molecule has 3 aromatic rings. The smallest absolute Gasteiger partial charge is 0.304 e. The molecule has 5 nitrogen and oxygen atoms in total. The maximum absolute atomic E-state index is 11.4. The Labute approximate surface area is 170 Å². The minimum atomic E-state index is -0.806. The third kappa shape index (κ3) is 5.94. The Kier molecular flexibility index (Phi) is 6.63. The number of carboxylic acid groups (broad SMARTS) is 1. The number of aryl methyl sites for hydroxylation is 2. The van der Waals surface area contributed by atoms with Crippen LogP contribution in [0.25, 0.3) is 0 Å². The molecular formula is C24H25N3O2. The molecule has 5 heteroatoms. The highest BCUT2D eigenvalue weighted by molar-refractivity contribution is 5.89. The Morgan fingerprint density at radius 1 is 0.897 bits per heavy atom. The van der Waals surface area contributed by atoms with Crippen molar-refractivity contribution in [2.45, 2.75) is 25.2 Å². The van der Waals surface area contributed by atoms with Crippen molar-refractivity contribution in [3.05, 3.63) is 101 Å². The number of hydrogen-bond donors (Lipinski definition) is 4. The van der Waals surface area contributed by atoms with Crippen molar-refractivity contribution in [2.24, 2.45) is 5.73 Å². The zero-order chi connectivity index (χ0) is 20.6. The lowest BCUT2D eigenvalue weighted by molar-refractivity contribution is -0.137. The van der Waals surface area contributed by atoms with Gasteiger partial charge in [0.1, 0.15) is 0 Å². The zero-order valence-corrected chi connectivity index (χ0v) is 16.1. The second-order valence-corrected chi connectivity index (χ2v) is 7.05. The van der Waals surface area contributed by atoms with Gasteiger partial charge < -0.3 is 16.2 Å². The quantitative estimate of drug-likeness (QED) is 0.340. The van der Waals surface area contributed by atoms with Crippen LogP contribution in [0.5, 0.6) is 0 Å². The number of aliphatic carboxylic acids is 1. The summed E-state index contributed by atoms with van der Waals surface area (Å²) in [7, 11) is 0. The monoisotopic (exact) mass is 387 g/mol. The molecule has 0 amide bonds. The fourth-order valence-electron chi connectivity index (χ4n) is 3.50. The minimum Gasteiger partial charge on any atom is -0.481 e. The zero-order valence-electron chi connectivity index (χ0n) is 16.1. The summed E-state index contributed by atoms with van der Waals surface area (Å²) in [5, 5.41) is 19.5. The van der Waals surface area contributed by atoms with E-state index in [2.05, 4.69) is 17.4 Å². The predicted molar refractivity (Wildman–Crippen MR) is 116 cm³/mol. The van der Waals surface area contributed by atoms with E-state index in [1.165, 1.54) is 5.56 Å². The first kappa shape index (κ1) is 20.1. The number of rotatable bonds is 8. The van der Waals surface area contributed by atoms with E-state index in [9.17, 15) is 9.90 Å². The van der Waals surface area contributed by atoms with Crippen LogP contribution < -0.4 is 11.1 Å². The van der Waals surface area contributed by atoms with Crippen LogP contribution in [0.1, 0.15) is 34.6 Å². The fourth-order valence-corrected chi connectivity index (χ4v) is 3.50. The first-order valence-corrected chi connectivity index (χ1v) is 9.57. The van der Waals surface area contributed by atoms with Crippen LogP contribution >= 0.6 is 0 Å². The topological polar surface area (TPSA) is 99.2 Å². The van der Waals surface area contributed by atoms with E-state index in [1.54, 1.807) is 0 Å². The maximum atomic E-state index is 11.4. The molecule has 1 unspecified atom stereocenters. The Morgan fingerprint density at radius 3 is 2.17 bits per heavy atom. The number of benzene rings is 3. The molecule has 0 radical (unpaired) electrons. The van der Waals surface area contributed by atoms with Crippen molar-refractivity contribution in [3.63, 3.8) is 0 Å². The lowest BCUT2D eigenvalue weighted by Crippen LogP contribution is -2.20. The van der Waals surface area contributed by atoms with Gasteiger partial charge in [-0.1, -0.05) is 66.7 Å². The summed E-state index contributed by atoms with van der Waals surface area (Å²) in [5.41, 5.74) is 10.5. The molecule has 5 N–H and O–H groups in total. The van der Waals surface area contributed by atoms with E-state index in [4.69, 9.17) is 11.1 Å². The summed E-state index contributed by atoms with van der Waals surface area (Å²) in [6, 6.07) is 25.8. The molecule has 0 fully saturated rings. The SMILES string of the molecule is N=C(N)Nc1cccc(CCc2cccc(C(CC(=O)O)c3ccccc3)c2)c1. The van der Waals surface area contributed by atoms with E-state index in [-0.39, 0.29) is 18.3 Å². The Hall–Kier alpha value is -3.60. The number of anilines is 1. The molecule has 3 aromatic carbocycles. The Bertz CT molecular complexity index is 986. The number of hydrogen-bond acceptors (Lipinski definition) is 2. The van der Waals surface area contributed by atoms with E-state index in [0.717, 1.165) is 35.2 Å². The molecule has 0 saturated carbocycles. The average molecular weight is 387 g/mol. The van der Waals surface area contributed by atoms with Crippen LogP contribution in [0, 0.1) is 5.41 Å². The molecule has 148 valence electrons. The molecule has 0 spiro atoms. The fraction of sp³-hybridized carbons (Fsp3) is 0.167. The highest BCUT2D eigenvalue weighted by Crippen LogP contribution is 2.29. The van der Waals surface area contributed by atoms with Gasteiger partial charge in [-0.3, -0.25) is 10.2 Å². The molecule has 0 aliphatic heterocycles. The maximum Gasteiger partial charge on any atom is 0.304 e. The Balaban J connectivity index is 1.76. The van der Waals surface area contributed by atoms with Crippen molar-refractivity contribution in [3.8, 4) is 0 Å². The molecule has 0 bridgehead atoms. The molecular weight excluding hydrogens is 362 g/mol.